The van der Waals surface area contributed by atoms with Crippen molar-refractivity contribution < 1.29 is 9.53 Å². The van der Waals surface area contributed by atoms with Gasteiger partial charge in [0.25, 0.3) is 0 Å². The zero-order valence-electron chi connectivity index (χ0n) is 18.0. The quantitative estimate of drug-likeness (QED) is 0.593. The molecule has 0 aromatic heterocycles. The Hall–Kier alpha value is -2.81. The second-order valence-corrected chi connectivity index (χ2v) is 9.03. The maximum absolute atomic E-state index is 13.1. The highest BCUT2D eigenvalue weighted by atomic mass is 16.6. The second kappa shape index (κ2) is 7.46. The SMILES string of the molecule is CC(C)=C(C)C1=CC2CCC(C1)N2C(=O)OCC1c2ccccc2-c2ccccc21. The van der Waals surface area contributed by atoms with Crippen molar-refractivity contribution in [3.05, 3.63) is 82.5 Å². The fraction of sp³-hybridized carbons (Fsp3) is 0.370. The van der Waals surface area contributed by atoms with Crippen molar-refractivity contribution in [1.29, 1.82) is 0 Å². The summed E-state index contributed by atoms with van der Waals surface area (Å²) >= 11 is 0. The van der Waals surface area contributed by atoms with E-state index in [-0.39, 0.29) is 24.1 Å². The lowest BCUT2D eigenvalue weighted by atomic mass is 9.93. The maximum Gasteiger partial charge on any atom is 0.410 e. The van der Waals surface area contributed by atoms with E-state index in [1.54, 1.807) is 0 Å². The summed E-state index contributed by atoms with van der Waals surface area (Å²) < 4.78 is 5.95. The molecule has 30 heavy (non-hydrogen) atoms. The highest BCUT2D eigenvalue weighted by Gasteiger charge is 2.41. The van der Waals surface area contributed by atoms with Gasteiger partial charge < -0.3 is 4.74 Å². The highest BCUT2D eigenvalue weighted by molar-refractivity contribution is 5.79. The molecule has 1 amide bonds. The summed E-state index contributed by atoms with van der Waals surface area (Å²) in [6.45, 7) is 6.92. The predicted molar refractivity (Wildman–Crippen MR) is 120 cm³/mol. The van der Waals surface area contributed by atoms with Crippen LogP contribution in [0.25, 0.3) is 11.1 Å². The molecule has 1 saturated heterocycles. The molecule has 2 atom stereocenters. The van der Waals surface area contributed by atoms with Gasteiger partial charge in [-0.1, -0.05) is 60.2 Å². The van der Waals surface area contributed by atoms with Crippen LogP contribution >= 0.6 is 0 Å². The Morgan fingerprint density at radius 2 is 1.60 bits per heavy atom. The van der Waals surface area contributed by atoms with Gasteiger partial charge in [-0.25, -0.2) is 4.79 Å². The van der Waals surface area contributed by atoms with Crippen LogP contribution in [0.5, 0.6) is 0 Å². The van der Waals surface area contributed by atoms with Gasteiger partial charge in [0.15, 0.2) is 0 Å². The van der Waals surface area contributed by atoms with E-state index in [2.05, 4.69) is 75.4 Å². The zero-order valence-corrected chi connectivity index (χ0v) is 18.0. The van der Waals surface area contributed by atoms with Crippen LogP contribution in [0.1, 0.15) is 57.1 Å². The van der Waals surface area contributed by atoms with Crippen LogP contribution in [0.15, 0.2) is 71.3 Å². The monoisotopic (exact) mass is 399 g/mol. The number of carbonyl (C=O) groups excluding carboxylic acids is 1. The van der Waals surface area contributed by atoms with Gasteiger partial charge in [-0.3, -0.25) is 4.90 Å². The van der Waals surface area contributed by atoms with Crippen molar-refractivity contribution in [3.8, 4) is 11.1 Å². The standard InChI is InChI=1S/C27H29NO2/c1-17(2)18(3)19-14-20-12-13-21(15-19)28(20)27(29)30-16-26-24-10-6-4-8-22(24)23-9-5-7-11-25(23)26/h4-11,14,20-21,26H,12-13,15-16H2,1-3H3. The second-order valence-electron chi connectivity index (χ2n) is 9.03. The molecule has 0 N–H and O–H groups in total. The van der Waals surface area contributed by atoms with Gasteiger partial charge in [-0.15, -0.1) is 0 Å². The van der Waals surface area contributed by atoms with Gasteiger partial charge in [0.1, 0.15) is 6.61 Å². The maximum atomic E-state index is 13.1. The molecule has 0 spiro atoms. The van der Waals surface area contributed by atoms with Crippen LogP contribution < -0.4 is 0 Å². The van der Waals surface area contributed by atoms with Crippen molar-refractivity contribution >= 4 is 6.09 Å². The molecule has 2 aromatic carbocycles. The molecular formula is C27H29NO2. The number of amides is 1. The lowest BCUT2D eigenvalue weighted by Gasteiger charge is -2.34. The van der Waals surface area contributed by atoms with Crippen LogP contribution in [0.2, 0.25) is 0 Å². The molecule has 2 bridgehead atoms. The Labute approximate surface area is 179 Å². The first-order chi connectivity index (χ1) is 14.5. The molecule has 2 aliphatic heterocycles. The minimum absolute atomic E-state index is 0.114. The zero-order chi connectivity index (χ0) is 20.8. The summed E-state index contributed by atoms with van der Waals surface area (Å²) in [6, 6.07) is 17.4. The number of ether oxygens (including phenoxy) is 1. The first kappa shape index (κ1) is 19.2. The van der Waals surface area contributed by atoms with Gasteiger partial charge in [-0.05, 0) is 73.4 Å². The Morgan fingerprint density at radius 3 is 2.20 bits per heavy atom. The van der Waals surface area contributed by atoms with Crippen molar-refractivity contribution in [2.24, 2.45) is 0 Å². The molecule has 3 aliphatic rings. The molecule has 2 unspecified atom stereocenters. The average molecular weight is 400 g/mol. The summed E-state index contributed by atoms with van der Waals surface area (Å²) in [5.74, 6) is 0.114. The first-order valence-corrected chi connectivity index (χ1v) is 11.0. The molecule has 3 heteroatoms. The third-order valence-corrected chi connectivity index (χ3v) is 7.17. The normalized spacial score (nSPS) is 21.7. The van der Waals surface area contributed by atoms with Crippen LogP contribution in [0, 0.1) is 0 Å². The molecule has 2 heterocycles. The third-order valence-electron chi connectivity index (χ3n) is 7.17. The van der Waals surface area contributed by atoms with Crippen LogP contribution in [0.4, 0.5) is 4.79 Å². The fourth-order valence-corrected chi connectivity index (χ4v) is 5.38. The summed E-state index contributed by atoms with van der Waals surface area (Å²) in [6.07, 6.45) is 5.18. The molecule has 3 nitrogen and oxygen atoms in total. The number of carbonyl (C=O) groups is 1. The highest BCUT2D eigenvalue weighted by Crippen LogP contribution is 2.45. The van der Waals surface area contributed by atoms with Gasteiger partial charge in [0.05, 0.1) is 6.04 Å². The number of nitrogens with zero attached hydrogens (tertiary/aromatic N) is 1. The Kier molecular flexibility index (Phi) is 4.77. The van der Waals surface area contributed by atoms with E-state index in [1.807, 2.05) is 4.90 Å². The molecule has 1 aliphatic carbocycles. The number of hydrogen-bond acceptors (Lipinski definition) is 2. The lowest BCUT2D eigenvalue weighted by Crippen LogP contribution is -2.43. The van der Waals surface area contributed by atoms with E-state index in [0.717, 1.165) is 19.3 Å². The number of benzene rings is 2. The lowest BCUT2D eigenvalue weighted by molar-refractivity contribution is 0.0852. The van der Waals surface area contributed by atoms with E-state index < -0.39 is 0 Å². The predicted octanol–water partition coefficient (Wildman–Crippen LogP) is 6.45. The van der Waals surface area contributed by atoms with Crippen molar-refractivity contribution in [1.82, 2.24) is 4.90 Å². The summed E-state index contributed by atoms with van der Waals surface area (Å²) in [5, 5.41) is 0. The molecule has 154 valence electrons. The van der Waals surface area contributed by atoms with Crippen LogP contribution in [-0.2, 0) is 4.74 Å². The number of rotatable bonds is 3. The largest absolute Gasteiger partial charge is 0.448 e. The topological polar surface area (TPSA) is 29.5 Å². The summed E-state index contributed by atoms with van der Waals surface area (Å²) in [7, 11) is 0. The van der Waals surface area contributed by atoms with Gasteiger partial charge in [-0.2, -0.15) is 0 Å². The van der Waals surface area contributed by atoms with Crippen molar-refractivity contribution in [2.75, 3.05) is 6.61 Å². The number of fused-ring (bicyclic) bond motifs is 5. The van der Waals surface area contributed by atoms with E-state index >= 15 is 0 Å². The minimum atomic E-state index is -0.158. The van der Waals surface area contributed by atoms with E-state index in [1.165, 1.54) is 39.0 Å². The van der Waals surface area contributed by atoms with E-state index in [4.69, 9.17) is 4.74 Å². The van der Waals surface area contributed by atoms with Crippen LogP contribution in [-0.4, -0.2) is 29.7 Å². The molecular weight excluding hydrogens is 370 g/mol. The molecule has 0 radical (unpaired) electrons. The Morgan fingerprint density at radius 1 is 0.967 bits per heavy atom. The third kappa shape index (κ3) is 3.08. The van der Waals surface area contributed by atoms with Gasteiger partial charge >= 0.3 is 6.09 Å². The summed E-state index contributed by atoms with van der Waals surface area (Å²) in [4.78, 5) is 15.1. The molecule has 1 fully saturated rings. The molecule has 5 rings (SSSR count). The minimum Gasteiger partial charge on any atom is -0.448 e. The Balaban J connectivity index is 1.34. The smallest absolute Gasteiger partial charge is 0.410 e. The van der Waals surface area contributed by atoms with Crippen LogP contribution in [0.3, 0.4) is 0 Å². The van der Waals surface area contributed by atoms with Crippen molar-refractivity contribution in [2.45, 2.75) is 58.0 Å². The van der Waals surface area contributed by atoms with Gasteiger partial charge in [0, 0.05) is 12.0 Å². The average Bonchev–Trinajstić information content (AvgIpc) is 3.22. The molecule has 2 aromatic rings. The number of hydrogen-bond donors (Lipinski definition) is 0. The Bertz CT molecular complexity index is 1010. The fourth-order valence-electron chi connectivity index (χ4n) is 5.38. The number of allylic oxidation sites excluding steroid dienone is 2. The first-order valence-electron chi connectivity index (χ1n) is 11.0. The van der Waals surface area contributed by atoms with Gasteiger partial charge in [0.2, 0.25) is 0 Å². The van der Waals surface area contributed by atoms with Crippen molar-refractivity contribution in [3.63, 3.8) is 0 Å². The summed E-state index contributed by atoms with van der Waals surface area (Å²) in [5.41, 5.74) is 9.18. The van der Waals surface area contributed by atoms with E-state index in [0.29, 0.717) is 6.61 Å². The molecule has 0 saturated carbocycles. The van der Waals surface area contributed by atoms with E-state index in [9.17, 15) is 4.79 Å².